The summed E-state index contributed by atoms with van der Waals surface area (Å²) in [7, 11) is 1.37. The van der Waals surface area contributed by atoms with Crippen LogP contribution in [0.5, 0.6) is 0 Å². The zero-order chi connectivity index (χ0) is 14.5. The lowest BCUT2D eigenvalue weighted by Crippen LogP contribution is -2.41. The maximum Gasteiger partial charge on any atom is 0.328 e. The molecular weight excluding hydrogens is 342 g/mol. The van der Waals surface area contributed by atoms with Crippen molar-refractivity contribution >= 4 is 39.1 Å². The quantitative estimate of drug-likeness (QED) is 0.759. The van der Waals surface area contributed by atoms with Crippen molar-refractivity contribution < 1.29 is 14.3 Å². The molecule has 1 atom stereocenters. The van der Waals surface area contributed by atoms with Crippen molar-refractivity contribution in [3.63, 3.8) is 0 Å². The number of hydrogen-bond acceptors (Lipinski definition) is 4. The number of likely N-dealkylation sites (tertiary alicyclic amines) is 1. The number of carbonyl (C=O) groups is 2. The van der Waals surface area contributed by atoms with Crippen LogP contribution in [-0.2, 0) is 20.7 Å². The molecule has 2 heterocycles. The fourth-order valence-corrected chi connectivity index (χ4v) is 4.01. The molecule has 20 heavy (non-hydrogen) atoms. The van der Waals surface area contributed by atoms with Gasteiger partial charge in [-0.15, -0.1) is 11.3 Å². The Morgan fingerprint density at radius 2 is 2.30 bits per heavy atom. The highest BCUT2D eigenvalue weighted by Crippen LogP contribution is 2.24. The van der Waals surface area contributed by atoms with Gasteiger partial charge >= 0.3 is 5.97 Å². The Labute approximate surface area is 131 Å². The lowest BCUT2D eigenvalue weighted by molar-refractivity contribution is -0.151. The van der Waals surface area contributed by atoms with Crippen LogP contribution in [0.1, 0.15) is 30.6 Å². The minimum Gasteiger partial charge on any atom is -0.467 e. The number of amides is 1. The number of esters is 1. The highest BCUT2D eigenvalue weighted by molar-refractivity contribution is 9.11. The second-order valence-electron chi connectivity index (χ2n) is 4.83. The third-order valence-corrected chi connectivity index (χ3v) is 5.17. The van der Waals surface area contributed by atoms with Gasteiger partial charge in [-0.2, -0.15) is 0 Å². The van der Waals surface area contributed by atoms with E-state index in [0.29, 0.717) is 13.0 Å². The molecule has 1 unspecified atom stereocenters. The van der Waals surface area contributed by atoms with E-state index in [0.717, 1.165) is 29.5 Å². The first-order chi connectivity index (χ1) is 9.61. The molecule has 1 aromatic rings. The van der Waals surface area contributed by atoms with E-state index in [1.807, 2.05) is 6.07 Å². The first kappa shape index (κ1) is 15.5. The van der Waals surface area contributed by atoms with Gasteiger partial charge in [0.2, 0.25) is 5.91 Å². The molecule has 0 saturated carbocycles. The van der Waals surface area contributed by atoms with Crippen molar-refractivity contribution in [1.82, 2.24) is 4.90 Å². The maximum atomic E-state index is 12.2. The average molecular weight is 360 g/mol. The van der Waals surface area contributed by atoms with Gasteiger partial charge in [0.15, 0.2) is 0 Å². The first-order valence-corrected chi connectivity index (χ1v) is 8.34. The standard InChI is InChI=1S/C14H18BrNO3S/c1-19-14(18)11-5-3-9-16(11)13(17)6-2-4-10-7-8-12(15)20-10/h7-8,11H,2-6,9H2,1H3. The third kappa shape index (κ3) is 3.82. The van der Waals surface area contributed by atoms with E-state index in [-0.39, 0.29) is 17.9 Å². The molecule has 1 aliphatic heterocycles. The number of rotatable bonds is 5. The molecule has 1 saturated heterocycles. The molecular formula is C14H18BrNO3S. The van der Waals surface area contributed by atoms with E-state index in [1.54, 1.807) is 16.2 Å². The van der Waals surface area contributed by atoms with Gasteiger partial charge in [0.05, 0.1) is 10.9 Å². The molecule has 0 N–H and O–H groups in total. The Balaban J connectivity index is 1.80. The SMILES string of the molecule is COC(=O)C1CCCN1C(=O)CCCc1ccc(Br)s1. The summed E-state index contributed by atoms with van der Waals surface area (Å²) in [5, 5.41) is 0. The fourth-order valence-electron chi connectivity index (χ4n) is 2.49. The second-order valence-corrected chi connectivity index (χ2v) is 7.38. The topological polar surface area (TPSA) is 46.6 Å². The Bertz CT molecular complexity index is 489. The number of thiophene rings is 1. The molecule has 1 aromatic heterocycles. The Hall–Kier alpha value is -0.880. The fraction of sp³-hybridized carbons (Fsp3) is 0.571. The van der Waals surface area contributed by atoms with Gasteiger partial charge in [-0.1, -0.05) is 0 Å². The second kappa shape index (κ2) is 7.22. The summed E-state index contributed by atoms with van der Waals surface area (Å²) in [5.74, 6) is -0.230. The normalized spacial score (nSPS) is 18.3. The molecule has 1 amide bonds. The van der Waals surface area contributed by atoms with Gasteiger partial charge in [0, 0.05) is 17.8 Å². The van der Waals surface area contributed by atoms with E-state index < -0.39 is 0 Å². The van der Waals surface area contributed by atoms with E-state index in [2.05, 4.69) is 22.0 Å². The van der Waals surface area contributed by atoms with E-state index >= 15 is 0 Å². The summed E-state index contributed by atoms with van der Waals surface area (Å²) in [5.41, 5.74) is 0. The van der Waals surface area contributed by atoms with Gasteiger partial charge in [-0.25, -0.2) is 4.79 Å². The predicted octanol–water partition coefficient (Wildman–Crippen LogP) is 3.00. The van der Waals surface area contributed by atoms with Crippen LogP contribution in [0.4, 0.5) is 0 Å². The molecule has 0 aliphatic carbocycles. The van der Waals surface area contributed by atoms with E-state index in [9.17, 15) is 9.59 Å². The Morgan fingerprint density at radius 3 is 2.95 bits per heavy atom. The van der Waals surface area contributed by atoms with Crippen molar-refractivity contribution in [3.8, 4) is 0 Å². The molecule has 4 nitrogen and oxygen atoms in total. The molecule has 6 heteroatoms. The van der Waals surface area contributed by atoms with Gasteiger partial charge in [-0.3, -0.25) is 4.79 Å². The molecule has 2 rings (SSSR count). The van der Waals surface area contributed by atoms with Crippen molar-refractivity contribution in [2.75, 3.05) is 13.7 Å². The smallest absolute Gasteiger partial charge is 0.328 e. The Morgan fingerprint density at radius 1 is 1.50 bits per heavy atom. The summed E-state index contributed by atoms with van der Waals surface area (Å²) < 4.78 is 5.87. The van der Waals surface area contributed by atoms with Crippen LogP contribution >= 0.6 is 27.3 Å². The van der Waals surface area contributed by atoms with Gasteiger partial charge < -0.3 is 9.64 Å². The zero-order valence-corrected chi connectivity index (χ0v) is 13.8. The van der Waals surface area contributed by atoms with Crippen LogP contribution in [0.2, 0.25) is 0 Å². The van der Waals surface area contributed by atoms with Crippen LogP contribution in [0, 0.1) is 0 Å². The third-order valence-electron chi connectivity index (χ3n) is 3.49. The zero-order valence-electron chi connectivity index (χ0n) is 11.4. The number of halogens is 1. The number of hydrogen-bond donors (Lipinski definition) is 0. The van der Waals surface area contributed by atoms with E-state index in [1.165, 1.54) is 12.0 Å². The number of methoxy groups -OCH3 is 1. The van der Waals surface area contributed by atoms with Gasteiger partial charge in [0.1, 0.15) is 6.04 Å². The van der Waals surface area contributed by atoms with E-state index in [4.69, 9.17) is 4.74 Å². The monoisotopic (exact) mass is 359 g/mol. The molecule has 0 radical (unpaired) electrons. The van der Waals surface area contributed by atoms with Crippen molar-refractivity contribution in [2.24, 2.45) is 0 Å². The van der Waals surface area contributed by atoms with Gasteiger partial charge in [-0.05, 0) is 53.7 Å². The Kier molecular flexibility index (Phi) is 5.60. The lowest BCUT2D eigenvalue weighted by Gasteiger charge is -2.22. The lowest BCUT2D eigenvalue weighted by atomic mass is 10.2. The van der Waals surface area contributed by atoms with Crippen molar-refractivity contribution in [2.45, 2.75) is 38.1 Å². The van der Waals surface area contributed by atoms with Crippen LogP contribution in [0.3, 0.4) is 0 Å². The molecule has 1 fully saturated rings. The summed E-state index contributed by atoms with van der Waals surface area (Å²) >= 11 is 5.13. The first-order valence-electron chi connectivity index (χ1n) is 6.73. The van der Waals surface area contributed by atoms with Crippen LogP contribution in [0.15, 0.2) is 15.9 Å². The number of carbonyl (C=O) groups excluding carboxylic acids is 2. The number of ether oxygens (including phenoxy) is 1. The molecule has 110 valence electrons. The number of aryl methyl sites for hydroxylation is 1. The molecule has 1 aliphatic rings. The number of nitrogens with zero attached hydrogens (tertiary/aromatic N) is 1. The van der Waals surface area contributed by atoms with Gasteiger partial charge in [0.25, 0.3) is 0 Å². The summed E-state index contributed by atoms with van der Waals surface area (Å²) in [6.07, 6.45) is 3.80. The van der Waals surface area contributed by atoms with Crippen molar-refractivity contribution in [3.05, 3.63) is 20.8 Å². The minimum absolute atomic E-state index is 0.0634. The van der Waals surface area contributed by atoms with Crippen LogP contribution < -0.4 is 0 Å². The molecule has 0 aromatic carbocycles. The summed E-state index contributed by atoms with van der Waals surface area (Å²) in [6.45, 7) is 0.670. The highest BCUT2D eigenvalue weighted by Gasteiger charge is 2.34. The predicted molar refractivity (Wildman–Crippen MR) is 81.7 cm³/mol. The maximum absolute atomic E-state index is 12.2. The summed E-state index contributed by atoms with van der Waals surface area (Å²) in [6, 6.07) is 3.73. The minimum atomic E-state index is -0.372. The molecule has 0 bridgehead atoms. The average Bonchev–Trinajstić information content (AvgIpc) is 3.06. The molecule has 0 spiro atoms. The highest BCUT2D eigenvalue weighted by atomic mass is 79.9. The van der Waals surface area contributed by atoms with Crippen LogP contribution in [0.25, 0.3) is 0 Å². The summed E-state index contributed by atoms with van der Waals surface area (Å²) in [4.78, 5) is 26.7. The largest absolute Gasteiger partial charge is 0.467 e. The van der Waals surface area contributed by atoms with Crippen LogP contribution in [-0.4, -0.2) is 36.5 Å². The van der Waals surface area contributed by atoms with Crippen molar-refractivity contribution in [1.29, 1.82) is 0 Å².